The van der Waals surface area contributed by atoms with Crippen LogP contribution in [0.15, 0.2) is 30.5 Å². The lowest BCUT2D eigenvalue weighted by molar-refractivity contribution is -0.141. The van der Waals surface area contributed by atoms with Crippen LogP contribution in [0.1, 0.15) is 6.92 Å². The van der Waals surface area contributed by atoms with E-state index in [1.165, 1.54) is 7.11 Å². The molecule has 2 rings (SSSR count). The van der Waals surface area contributed by atoms with Crippen molar-refractivity contribution in [1.82, 2.24) is 10.2 Å². The maximum absolute atomic E-state index is 11.3. The summed E-state index contributed by atoms with van der Waals surface area (Å²) in [5.41, 5.74) is 1.56. The number of nitrogens with zero attached hydrogens (tertiary/aromatic N) is 2. The normalized spacial score (nSPS) is 12.1. The SMILES string of the molecule is COC(=O)C(C)Nc1cnnc2ccccc12. The van der Waals surface area contributed by atoms with Crippen LogP contribution in [0.2, 0.25) is 0 Å². The molecule has 2 aromatic rings. The van der Waals surface area contributed by atoms with Crippen molar-refractivity contribution in [2.24, 2.45) is 0 Å². The van der Waals surface area contributed by atoms with Gasteiger partial charge in [0, 0.05) is 5.39 Å². The third kappa shape index (κ3) is 2.33. The zero-order valence-corrected chi connectivity index (χ0v) is 9.68. The highest BCUT2D eigenvalue weighted by atomic mass is 16.5. The minimum absolute atomic E-state index is 0.314. The number of nitrogens with one attached hydrogen (secondary N) is 1. The maximum atomic E-state index is 11.3. The van der Waals surface area contributed by atoms with E-state index in [1.54, 1.807) is 13.1 Å². The molecule has 1 N–H and O–H groups in total. The lowest BCUT2D eigenvalue weighted by atomic mass is 10.2. The number of fused-ring (bicyclic) bond motifs is 1. The molecule has 5 heteroatoms. The maximum Gasteiger partial charge on any atom is 0.327 e. The molecule has 0 saturated carbocycles. The quantitative estimate of drug-likeness (QED) is 0.813. The zero-order valence-electron chi connectivity index (χ0n) is 9.68. The monoisotopic (exact) mass is 231 g/mol. The van der Waals surface area contributed by atoms with Crippen LogP contribution in [0.3, 0.4) is 0 Å². The van der Waals surface area contributed by atoms with E-state index < -0.39 is 6.04 Å². The van der Waals surface area contributed by atoms with Crippen LogP contribution in [0.5, 0.6) is 0 Å². The van der Waals surface area contributed by atoms with Crippen molar-refractivity contribution in [3.05, 3.63) is 30.5 Å². The Balaban J connectivity index is 2.33. The highest BCUT2D eigenvalue weighted by Crippen LogP contribution is 2.20. The van der Waals surface area contributed by atoms with Crippen LogP contribution in [0, 0.1) is 0 Å². The number of hydrogen-bond donors (Lipinski definition) is 1. The van der Waals surface area contributed by atoms with Crippen molar-refractivity contribution >= 4 is 22.6 Å². The van der Waals surface area contributed by atoms with Gasteiger partial charge in [-0.15, -0.1) is 0 Å². The predicted octanol–water partition coefficient (Wildman–Crippen LogP) is 1.60. The lowest BCUT2D eigenvalue weighted by Crippen LogP contribution is -2.27. The van der Waals surface area contributed by atoms with E-state index in [9.17, 15) is 4.79 Å². The van der Waals surface area contributed by atoms with Crippen LogP contribution in [0.4, 0.5) is 5.69 Å². The van der Waals surface area contributed by atoms with Gasteiger partial charge >= 0.3 is 5.97 Å². The van der Waals surface area contributed by atoms with E-state index in [0.717, 1.165) is 16.6 Å². The fourth-order valence-corrected chi connectivity index (χ4v) is 1.59. The second-order valence-corrected chi connectivity index (χ2v) is 3.66. The van der Waals surface area contributed by atoms with E-state index in [4.69, 9.17) is 0 Å². The third-order valence-electron chi connectivity index (χ3n) is 2.47. The Labute approximate surface area is 98.8 Å². The van der Waals surface area contributed by atoms with Gasteiger partial charge in [-0.3, -0.25) is 0 Å². The number of methoxy groups -OCH3 is 1. The van der Waals surface area contributed by atoms with Gasteiger partial charge in [0.2, 0.25) is 0 Å². The van der Waals surface area contributed by atoms with E-state index >= 15 is 0 Å². The highest BCUT2D eigenvalue weighted by molar-refractivity contribution is 5.92. The summed E-state index contributed by atoms with van der Waals surface area (Å²) in [6, 6.07) is 7.18. The Kier molecular flexibility index (Phi) is 3.18. The first kappa shape index (κ1) is 11.3. The van der Waals surface area contributed by atoms with Crippen molar-refractivity contribution in [1.29, 1.82) is 0 Å². The molecule has 0 aliphatic carbocycles. The Morgan fingerprint density at radius 1 is 1.41 bits per heavy atom. The summed E-state index contributed by atoms with van der Waals surface area (Å²) in [6.45, 7) is 1.74. The van der Waals surface area contributed by atoms with E-state index in [0.29, 0.717) is 0 Å². The number of carbonyl (C=O) groups excluding carboxylic acids is 1. The third-order valence-corrected chi connectivity index (χ3v) is 2.47. The number of ether oxygens (including phenoxy) is 1. The van der Waals surface area contributed by atoms with Crippen LogP contribution in [-0.2, 0) is 9.53 Å². The first-order valence-electron chi connectivity index (χ1n) is 5.27. The molecule has 17 heavy (non-hydrogen) atoms. The molecule has 0 spiro atoms. The number of anilines is 1. The van der Waals surface area contributed by atoms with Gasteiger partial charge in [0.15, 0.2) is 0 Å². The van der Waals surface area contributed by atoms with Crippen molar-refractivity contribution in [3.63, 3.8) is 0 Å². The fourth-order valence-electron chi connectivity index (χ4n) is 1.59. The summed E-state index contributed by atoms with van der Waals surface area (Å²) >= 11 is 0. The smallest absolute Gasteiger partial charge is 0.327 e. The van der Waals surface area contributed by atoms with Gasteiger partial charge in [-0.25, -0.2) is 4.79 Å². The van der Waals surface area contributed by atoms with E-state index in [1.807, 2.05) is 24.3 Å². The van der Waals surface area contributed by atoms with E-state index in [-0.39, 0.29) is 5.97 Å². The minimum atomic E-state index is -0.424. The predicted molar refractivity (Wildman–Crippen MR) is 64.6 cm³/mol. The molecule has 0 amide bonds. The van der Waals surface area contributed by atoms with E-state index in [2.05, 4.69) is 20.3 Å². The summed E-state index contributed by atoms with van der Waals surface area (Å²) in [5, 5.41) is 11.9. The topological polar surface area (TPSA) is 64.1 Å². The standard InChI is InChI=1S/C12H13N3O2/c1-8(12(16)17-2)14-11-7-13-15-10-6-4-3-5-9(10)11/h3-8H,1-2H3,(H,14,15). The average molecular weight is 231 g/mol. The number of carbonyl (C=O) groups is 1. The molecular weight excluding hydrogens is 218 g/mol. The van der Waals surface area contributed by atoms with Gasteiger partial charge in [-0.2, -0.15) is 10.2 Å². The molecule has 1 unspecified atom stereocenters. The van der Waals surface area contributed by atoms with Gasteiger partial charge < -0.3 is 10.1 Å². The van der Waals surface area contributed by atoms with Crippen molar-refractivity contribution in [3.8, 4) is 0 Å². The molecule has 0 aliphatic rings. The second-order valence-electron chi connectivity index (χ2n) is 3.66. The van der Waals surface area contributed by atoms with Gasteiger partial charge in [0.25, 0.3) is 0 Å². The second kappa shape index (κ2) is 4.78. The summed E-state index contributed by atoms with van der Waals surface area (Å²) in [5.74, 6) is -0.314. The molecule has 0 radical (unpaired) electrons. The van der Waals surface area contributed by atoms with Gasteiger partial charge in [-0.1, -0.05) is 18.2 Å². The van der Waals surface area contributed by atoms with Crippen LogP contribution < -0.4 is 5.32 Å². The largest absolute Gasteiger partial charge is 0.467 e. The van der Waals surface area contributed by atoms with Crippen molar-refractivity contribution in [2.45, 2.75) is 13.0 Å². The number of aromatic nitrogens is 2. The van der Waals surface area contributed by atoms with Crippen molar-refractivity contribution in [2.75, 3.05) is 12.4 Å². The summed E-state index contributed by atoms with van der Waals surface area (Å²) in [7, 11) is 1.36. The Morgan fingerprint density at radius 2 is 2.18 bits per heavy atom. The number of esters is 1. The summed E-state index contributed by atoms with van der Waals surface area (Å²) in [4.78, 5) is 11.3. The van der Waals surface area contributed by atoms with Crippen molar-refractivity contribution < 1.29 is 9.53 Å². The van der Waals surface area contributed by atoms with Gasteiger partial charge in [-0.05, 0) is 13.0 Å². The molecule has 0 bridgehead atoms. The molecule has 88 valence electrons. The van der Waals surface area contributed by atoms with Crippen LogP contribution in [-0.4, -0.2) is 29.3 Å². The fraction of sp³-hybridized carbons (Fsp3) is 0.250. The molecule has 1 heterocycles. The number of hydrogen-bond acceptors (Lipinski definition) is 5. The molecule has 1 aromatic heterocycles. The average Bonchev–Trinajstić information content (AvgIpc) is 2.38. The summed E-state index contributed by atoms with van der Waals surface area (Å²) in [6.07, 6.45) is 1.60. The zero-order chi connectivity index (χ0) is 12.3. The minimum Gasteiger partial charge on any atom is -0.467 e. The summed E-state index contributed by atoms with van der Waals surface area (Å²) < 4.78 is 4.66. The molecule has 0 saturated heterocycles. The molecule has 1 aromatic carbocycles. The molecule has 5 nitrogen and oxygen atoms in total. The van der Waals surface area contributed by atoms with Gasteiger partial charge in [0.05, 0.1) is 24.5 Å². The molecular formula is C12H13N3O2. The van der Waals surface area contributed by atoms with Crippen LogP contribution in [0.25, 0.3) is 10.9 Å². The Morgan fingerprint density at radius 3 is 2.94 bits per heavy atom. The van der Waals surface area contributed by atoms with Gasteiger partial charge in [0.1, 0.15) is 6.04 Å². The Hall–Kier alpha value is -2.17. The lowest BCUT2D eigenvalue weighted by Gasteiger charge is -2.13. The first-order chi connectivity index (χ1) is 8.22. The molecule has 1 atom stereocenters. The van der Waals surface area contributed by atoms with Crippen LogP contribution >= 0.6 is 0 Å². The first-order valence-corrected chi connectivity index (χ1v) is 5.27. The highest BCUT2D eigenvalue weighted by Gasteiger charge is 2.13. The molecule has 0 fully saturated rings. The number of benzene rings is 1. The number of rotatable bonds is 3. The molecule has 0 aliphatic heterocycles. The Bertz CT molecular complexity index is 537.